The highest BCUT2D eigenvalue weighted by molar-refractivity contribution is 7.89. The predicted octanol–water partition coefficient (Wildman–Crippen LogP) is 1.73. The molecule has 2 aromatic heterocycles. The van der Waals surface area contributed by atoms with Gasteiger partial charge in [0.2, 0.25) is 10.0 Å². The van der Waals surface area contributed by atoms with Gasteiger partial charge in [0.15, 0.2) is 0 Å². The largest absolute Gasteiger partial charge is 0.370 e. The van der Waals surface area contributed by atoms with Crippen molar-refractivity contribution in [1.29, 1.82) is 0 Å². The van der Waals surface area contributed by atoms with Crippen LogP contribution < -0.4 is 5.32 Å². The number of sulfonamides is 1. The second kappa shape index (κ2) is 6.64. The summed E-state index contributed by atoms with van der Waals surface area (Å²) < 4.78 is 26.4. The third-order valence-electron chi connectivity index (χ3n) is 2.93. The van der Waals surface area contributed by atoms with E-state index in [1.807, 2.05) is 13.0 Å². The number of hydrogen-bond donors (Lipinski definition) is 1. The maximum absolute atomic E-state index is 12.5. The van der Waals surface area contributed by atoms with Crippen LogP contribution in [0.15, 0.2) is 47.8 Å². The first-order chi connectivity index (χ1) is 10.0. The molecule has 2 aromatic rings. The smallest absolute Gasteiger partial charge is 0.243 e. The first kappa shape index (κ1) is 15.4. The molecule has 0 fully saturated rings. The topological polar surface area (TPSA) is 75.2 Å². The van der Waals surface area contributed by atoms with E-state index >= 15 is 0 Å². The Morgan fingerprint density at radius 3 is 2.76 bits per heavy atom. The normalized spacial score (nSPS) is 11.6. The fourth-order valence-electron chi connectivity index (χ4n) is 1.86. The summed E-state index contributed by atoms with van der Waals surface area (Å²) in [6, 6.07) is 6.66. The van der Waals surface area contributed by atoms with Crippen molar-refractivity contribution < 1.29 is 8.42 Å². The lowest BCUT2D eigenvalue weighted by Crippen LogP contribution is -2.26. The summed E-state index contributed by atoms with van der Waals surface area (Å²) in [5.41, 5.74) is 0.838. The van der Waals surface area contributed by atoms with Gasteiger partial charge in [-0.15, -0.1) is 0 Å². The van der Waals surface area contributed by atoms with E-state index < -0.39 is 10.0 Å². The molecule has 0 spiro atoms. The molecule has 6 nitrogen and oxygen atoms in total. The van der Waals surface area contributed by atoms with Gasteiger partial charge in [-0.2, -0.15) is 4.31 Å². The highest BCUT2D eigenvalue weighted by Gasteiger charge is 2.21. The van der Waals surface area contributed by atoms with E-state index in [4.69, 9.17) is 0 Å². The van der Waals surface area contributed by atoms with Crippen LogP contribution in [0.25, 0.3) is 0 Å². The molecule has 0 aliphatic rings. The lowest BCUT2D eigenvalue weighted by atomic mass is 10.3. The van der Waals surface area contributed by atoms with Gasteiger partial charge in [-0.3, -0.25) is 4.98 Å². The zero-order valence-corrected chi connectivity index (χ0v) is 12.8. The summed E-state index contributed by atoms with van der Waals surface area (Å²) >= 11 is 0. The Bertz CT molecular complexity index is 689. The molecule has 0 saturated heterocycles. The molecule has 7 heteroatoms. The molecule has 0 aliphatic heterocycles. The Labute approximate surface area is 124 Å². The first-order valence-corrected chi connectivity index (χ1v) is 8.03. The molecule has 0 atom stereocenters. The molecule has 0 bridgehead atoms. The van der Waals surface area contributed by atoms with Gasteiger partial charge in [-0.05, 0) is 24.6 Å². The van der Waals surface area contributed by atoms with Crippen LogP contribution in [0.5, 0.6) is 0 Å². The average Bonchev–Trinajstić information content (AvgIpc) is 2.49. The van der Waals surface area contributed by atoms with E-state index in [0.717, 1.165) is 5.56 Å². The number of nitrogens with zero attached hydrogens (tertiary/aromatic N) is 3. The van der Waals surface area contributed by atoms with Gasteiger partial charge in [0, 0.05) is 44.8 Å². The molecule has 0 aromatic carbocycles. The van der Waals surface area contributed by atoms with Gasteiger partial charge in [-0.1, -0.05) is 6.07 Å². The average molecular weight is 306 g/mol. The lowest BCUT2D eigenvalue weighted by Gasteiger charge is -2.17. The highest BCUT2D eigenvalue weighted by atomic mass is 32.2. The first-order valence-electron chi connectivity index (χ1n) is 6.59. The summed E-state index contributed by atoms with van der Waals surface area (Å²) in [6.45, 7) is 2.88. The summed E-state index contributed by atoms with van der Waals surface area (Å²) in [6.07, 6.45) is 4.80. The van der Waals surface area contributed by atoms with E-state index in [9.17, 15) is 8.42 Å². The maximum Gasteiger partial charge on any atom is 0.243 e. The van der Waals surface area contributed by atoms with Gasteiger partial charge in [-0.25, -0.2) is 13.4 Å². The standard InChI is InChI=1S/C14H18N4O2S/c1-3-16-14-9-13(6-8-17-14)21(19,20)18(2)11-12-5-4-7-15-10-12/h4-10H,3,11H2,1-2H3,(H,16,17). The van der Waals surface area contributed by atoms with Crippen molar-refractivity contribution in [2.75, 3.05) is 18.9 Å². The summed E-state index contributed by atoms with van der Waals surface area (Å²) in [5.74, 6) is 0.549. The molecule has 21 heavy (non-hydrogen) atoms. The minimum absolute atomic E-state index is 0.222. The van der Waals surface area contributed by atoms with Crippen molar-refractivity contribution in [3.05, 3.63) is 48.4 Å². The third kappa shape index (κ3) is 3.77. The number of anilines is 1. The van der Waals surface area contributed by atoms with E-state index in [0.29, 0.717) is 12.4 Å². The molecule has 1 N–H and O–H groups in total. The number of hydrogen-bond acceptors (Lipinski definition) is 5. The summed E-state index contributed by atoms with van der Waals surface area (Å²) in [4.78, 5) is 8.29. The quantitative estimate of drug-likeness (QED) is 0.879. The third-order valence-corrected chi connectivity index (χ3v) is 4.72. The molecule has 2 heterocycles. The van der Waals surface area contributed by atoms with Crippen LogP contribution in [0, 0.1) is 0 Å². The van der Waals surface area contributed by atoms with Crippen molar-refractivity contribution in [2.45, 2.75) is 18.4 Å². The van der Waals surface area contributed by atoms with Gasteiger partial charge < -0.3 is 5.32 Å². The minimum atomic E-state index is -3.55. The Kier molecular flexibility index (Phi) is 4.87. The van der Waals surface area contributed by atoms with Crippen LogP contribution in [0.2, 0.25) is 0 Å². The molecule has 112 valence electrons. The second-order valence-electron chi connectivity index (χ2n) is 4.53. The van der Waals surface area contributed by atoms with Gasteiger partial charge >= 0.3 is 0 Å². The second-order valence-corrected chi connectivity index (χ2v) is 6.57. The fourth-order valence-corrected chi connectivity index (χ4v) is 3.04. The van der Waals surface area contributed by atoms with Gasteiger partial charge in [0.1, 0.15) is 5.82 Å². The van der Waals surface area contributed by atoms with Crippen LogP contribution in [0.3, 0.4) is 0 Å². The molecule has 2 rings (SSSR count). The van der Waals surface area contributed by atoms with E-state index in [1.54, 1.807) is 31.6 Å². The van der Waals surface area contributed by atoms with Crippen molar-refractivity contribution >= 4 is 15.8 Å². The molecule has 0 amide bonds. The van der Waals surface area contributed by atoms with Crippen LogP contribution >= 0.6 is 0 Å². The number of pyridine rings is 2. The molecule has 0 aliphatic carbocycles. The van der Waals surface area contributed by atoms with Crippen LogP contribution in [-0.2, 0) is 16.6 Å². The minimum Gasteiger partial charge on any atom is -0.370 e. The van der Waals surface area contributed by atoms with Crippen LogP contribution in [0.4, 0.5) is 5.82 Å². The summed E-state index contributed by atoms with van der Waals surface area (Å²) in [7, 11) is -2.00. The van der Waals surface area contributed by atoms with Crippen molar-refractivity contribution in [3.63, 3.8) is 0 Å². The monoisotopic (exact) mass is 306 g/mol. The van der Waals surface area contributed by atoms with Crippen LogP contribution in [0.1, 0.15) is 12.5 Å². The van der Waals surface area contributed by atoms with Gasteiger partial charge in [0.05, 0.1) is 4.90 Å². The lowest BCUT2D eigenvalue weighted by molar-refractivity contribution is 0.466. The molecule has 0 saturated carbocycles. The Morgan fingerprint density at radius 1 is 1.29 bits per heavy atom. The summed E-state index contributed by atoms with van der Waals surface area (Å²) in [5, 5.41) is 3.00. The molecular formula is C14H18N4O2S. The molecule has 0 radical (unpaired) electrons. The maximum atomic E-state index is 12.5. The molecular weight excluding hydrogens is 288 g/mol. The Hall–Kier alpha value is -1.99. The number of nitrogens with one attached hydrogen (secondary N) is 1. The van der Waals surface area contributed by atoms with Crippen LogP contribution in [-0.4, -0.2) is 36.3 Å². The SMILES string of the molecule is CCNc1cc(S(=O)(=O)N(C)Cc2cccnc2)ccn1. The zero-order chi connectivity index (χ0) is 15.3. The highest BCUT2D eigenvalue weighted by Crippen LogP contribution is 2.18. The van der Waals surface area contributed by atoms with E-state index in [1.165, 1.54) is 16.6 Å². The van der Waals surface area contributed by atoms with E-state index in [2.05, 4.69) is 15.3 Å². The Balaban J connectivity index is 2.22. The van der Waals surface area contributed by atoms with E-state index in [-0.39, 0.29) is 11.4 Å². The zero-order valence-electron chi connectivity index (χ0n) is 12.0. The van der Waals surface area contributed by atoms with Crippen molar-refractivity contribution in [3.8, 4) is 0 Å². The molecule has 0 unspecified atom stereocenters. The fraction of sp³-hybridized carbons (Fsp3) is 0.286. The predicted molar refractivity (Wildman–Crippen MR) is 81.3 cm³/mol. The van der Waals surface area contributed by atoms with Crippen molar-refractivity contribution in [2.24, 2.45) is 0 Å². The number of aromatic nitrogens is 2. The van der Waals surface area contributed by atoms with Gasteiger partial charge in [0.25, 0.3) is 0 Å². The number of rotatable bonds is 6. The van der Waals surface area contributed by atoms with Crippen molar-refractivity contribution in [1.82, 2.24) is 14.3 Å². The Morgan fingerprint density at radius 2 is 2.10 bits per heavy atom.